The summed E-state index contributed by atoms with van der Waals surface area (Å²) < 4.78 is 40.4. The van der Waals surface area contributed by atoms with E-state index in [-0.39, 0.29) is 17.4 Å². The Morgan fingerprint density at radius 3 is 2.57 bits per heavy atom. The SMILES string of the molecule is CC[C@]1(c2cccc(C(F)(F)F)c2)C2=CN=NC2NC2=C1C(=O)N[C@H](C(C)(C)C)C2. The molecule has 3 heterocycles. The first-order chi connectivity index (χ1) is 14.0. The van der Waals surface area contributed by atoms with E-state index in [1.807, 2.05) is 27.7 Å². The van der Waals surface area contributed by atoms with Crippen molar-refractivity contribution in [2.75, 3.05) is 0 Å². The molecule has 0 spiro atoms. The van der Waals surface area contributed by atoms with Crippen molar-refractivity contribution in [1.82, 2.24) is 10.6 Å². The number of fused-ring (bicyclic) bond motifs is 1. The van der Waals surface area contributed by atoms with Crippen LogP contribution in [-0.2, 0) is 16.4 Å². The summed E-state index contributed by atoms with van der Waals surface area (Å²) in [5.74, 6) is -0.255. The summed E-state index contributed by atoms with van der Waals surface area (Å²) in [5, 5.41) is 14.7. The van der Waals surface area contributed by atoms with Crippen molar-refractivity contribution in [3.8, 4) is 0 Å². The van der Waals surface area contributed by atoms with Crippen LogP contribution in [0.25, 0.3) is 0 Å². The number of rotatable bonds is 2. The molecule has 0 bridgehead atoms. The predicted molar refractivity (Wildman–Crippen MR) is 106 cm³/mol. The van der Waals surface area contributed by atoms with Crippen molar-refractivity contribution in [1.29, 1.82) is 0 Å². The van der Waals surface area contributed by atoms with Gasteiger partial charge in [0.15, 0.2) is 6.17 Å². The standard InChI is InChI=1S/C22H25F3N4O/c1-5-21(12-7-6-8-13(9-12)22(23,24)25)14-11-26-29-18(14)27-15-10-16(20(2,3)4)28-19(30)17(15)21/h6-9,11,16,18,27H,5,10H2,1-4H3,(H,28,30)/t16-,18?,21-/m0/s1. The summed E-state index contributed by atoms with van der Waals surface area (Å²) in [6.07, 6.45) is -2.40. The predicted octanol–water partition coefficient (Wildman–Crippen LogP) is 4.82. The molecule has 160 valence electrons. The number of carbonyl (C=O) groups is 1. The van der Waals surface area contributed by atoms with Gasteiger partial charge in [-0.05, 0) is 23.5 Å². The van der Waals surface area contributed by atoms with Crippen molar-refractivity contribution < 1.29 is 18.0 Å². The fourth-order valence-electron chi connectivity index (χ4n) is 4.74. The lowest BCUT2D eigenvalue weighted by atomic mass is 9.62. The Labute approximate surface area is 173 Å². The number of alkyl halides is 3. The molecule has 3 atom stereocenters. The third-order valence-corrected chi connectivity index (χ3v) is 6.40. The molecule has 0 radical (unpaired) electrons. The summed E-state index contributed by atoms with van der Waals surface area (Å²) in [5.41, 5.74) is 0.410. The average Bonchev–Trinajstić information content (AvgIpc) is 3.13. The van der Waals surface area contributed by atoms with Gasteiger partial charge < -0.3 is 10.6 Å². The lowest BCUT2D eigenvalue weighted by Gasteiger charge is -2.48. The van der Waals surface area contributed by atoms with Crippen LogP contribution >= 0.6 is 0 Å². The molecule has 0 saturated heterocycles. The van der Waals surface area contributed by atoms with Crippen LogP contribution in [0.3, 0.4) is 0 Å². The number of amides is 1. The van der Waals surface area contributed by atoms with E-state index < -0.39 is 23.3 Å². The van der Waals surface area contributed by atoms with Gasteiger partial charge in [-0.15, -0.1) is 0 Å². The smallest absolute Gasteiger partial charge is 0.362 e. The molecule has 3 aliphatic rings. The maximum atomic E-state index is 13.5. The topological polar surface area (TPSA) is 65.8 Å². The van der Waals surface area contributed by atoms with E-state index in [0.717, 1.165) is 17.8 Å². The highest BCUT2D eigenvalue weighted by Gasteiger charge is 2.53. The molecule has 4 rings (SSSR count). The van der Waals surface area contributed by atoms with Crippen molar-refractivity contribution in [3.63, 3.8) is 0 Å². The van der Waals surface area contributed by atoms with Gasteiger partial charge in [0.25, 0.3) is 0 Å². The maximum absolute atomic E-state index is 13.5. The van der Waals surface area contributed by atoms with E-state index in [1.54, 1.807) is 12.3 Å². The first kappa shape index (κ1) is 20.6. The second-order valence-corrected chi connectivity index (χ2v) is 9.15. The lowest BCUT2D eigenvalue weighted by Crippen LogP contribution is -2.57. The van der Waals surface area contributed by atoms with Gasteiger partial charge in [-0.2, -0.15) is 23.4 Å². The molecule has 0 saturated carbocycles. The maximum Gasteiger partial charge on any atom is 0.416 e. The van der Waals surface area contributed by atoms with Crippen molar-refractivity contribution >= 4 is 5.91 Å². The van der Waals surface area contributed by atoms with Gasteiger partial charge in [0.1, 0.15) is 0 Å². The molecule has 3 aliphatic heterocycles. The van der Waals surface area contributed by atoms with Crippen LogP contribution in [0.2, 0.25) is 0 Å². The van der Waals surface area contributed by atoms with Crippen LogP contribution < -0.4 is 10.6 Å². The largest absolute Gasteiger partial charge is 0.416 e. The molecule has 0 aliphatic carbocycles. The molecular weight excluding hydrogens is 393 g/mol. The summed E-state index contributed by atoms with van der Waals surface area (Å²) >= 11 is 0. The first-order valence-corrected chi connectivity index (χ1v) is 10.1. The van der Waals surface area contributed by atoms with Crippen LogP contribution in [0.4, 0.5) is 13.2 Å². The summed E-state index contributed by atoms with van der Waals surface area (Å²) in [7, 11) is 0. The van der Waals surface area contributed by atoms with Gasteiger partial charge >= 0.3 is 6.18 Å². The fraction of sp³-hybridized carbons (Fsp3) is 0.500. The Morgan fingerprint density at radius 2 is 1.93 bits per heavy atom. The second-order valence-electron chi connectivity index (χ2n) is 9.15. The zero-order valence-electron chi connectivity index (χ0n) is 17.4. The molecule has 1 aromatic rings. The zero-order valence-corrected chi connectivity index (χ0v) is 17.4. The lowest BCUT2D eigenvalue weighted by molar-refractivity contribution is -0.137. The third kappa shape index (κ3) is 3.04. The number of halogens is 3. The third-order valence-electron chi connectivity index (χ3n) is 6.40. The Morgan fingerprint density at radius 1 is 1.20 bits per heavy atom. The monoisotopic (exact) mass is 418 g/mol. The molecule has 8 heteroatoms. The molecule has 5 nitrogen and oxygen atoms in total. The van der Waals surface area contributed by atoms with Gasteiger partial charge in [-0.1, -0.05) is 45.9 Å². The minimum absolute atomic E-state index is 0.101. The van der Waals surface area contributed by atoms with Crippen LogP contribution in [-0.4, -0.2) is 18.1 Å². The molecule has 2 N–H and O–H groups in total. The van der Waals surface area contributed by atoms with Crippen LogP contribution in [0.15, 0.2) is 57.5 Å². The van der Waals surface area contributed by atoms with Crippen molar-refractivity contribution in [2.24, 2.45) is 15.6 Å². The van der Waals surface area contributed by atoms with Gasteiger partial charge in [0.05, 0.1) is 22.8 Å². The van der Waals surface area contributed by atoms with Crippen molar-refractivity contribution in [2.45, 2.75) is 64.3 Å². The van der Waals surface area contributed by atoms with Gasteiger partial charge in [-0.3, -0.25) is 4.79 Å². The summed E-state index contributed by atoms with van der Waals surface area (Å²) in [4.78, 5) is 13.4. The second kappa shape index (κ2) is 6.68. The Balaban J connectivity index is 1.94. The molecule has 1 unspecified atom stereocenters. The summed E-state index contributed by atoms with van der Waals surface area (Å²) in [6.45, 7) is 8.03. The molecule has 1 aromatic carbocycles. The summed E-state index contributed by atoms with van der Waals surface area (Å²) in [6, 6.07) is 5.16. The van der Waals surface area contributed by atoms with E-state index in [2.05, 4.69) is 20.9 Å². The number of nitrogens with one attached hydrogen (secondary N) is 2. The molecule has 0 fully saturated rings. The highest BCUT2D eigenvalue weighted by Crippen LogP contribution is 2.51. The number of azo groups is 1. The highest BCUT2D eigenvalue weighted by atomic mass is 19.4. The minimum Gasteiger partial charge on any atom is -0.362 e. The number of nitrogens with zero attached hydrogens (tertiary/aromatic N) is 2. The number of carbonyl (C=O) groups excluding carboxylic acids is 1. The van der Waals surface area contributed by atoms with Crippen LogP contribution in [0.5, 0.6) is 0 Å². The molecule has 0 aromatic heterocycles. The van der Waals surface area contributed by atoms with Gasteiger partial charge in [0, 0.05) is 23.7 Å². The fourth-order valence-corrected chi connectivity index (χ4v) is 4.74. The van der Waals surface area contributed by atoms with E-state index in [0.29, 0.717) is 29.6 Å². The highest BCUT2D eigenvalue weighted by molar-refractivity contribution is 5.99. The Bertz CT molecular complexity index is 987. The van der Waals surface area contributed by atoms with Gasteiger partial charge in [-0.25, -0.2) is 0 Å². The van der Waals surface area contributed by atoms with Crippen LogP contribution in [0, 0.1) is 5.41 Å². The van der Waals surface area contributed by atoms with Crippen molar-refractivity contribution in [3.05, 3.63) is 58.4 Å². The molecule has 30 heavy (non-hydrogen) atoms. The van der Waals surface area contributed by atoms with E-state index in [9.17, 15) is 18.0 Å². The van der Waals surface area contributed by atoms with E-state index >= 15 is 0 Å². The molecular formula is C22H25F3N4O. The van der Waals surface area contributed by atoms with Crippen LogP contribution in [0.1, 0.15) is 51.7 Å². The van der Waals surface area contributed by atoms with E-state index in [1.165, 1.54) is 6.07 Å². The first-order valence-electron chi connectivity index (χ1n) is 10.1. The minimum atomic E-state index is -4.47. The molecule has 1 amide bonds. The average molecular weight is 418 g/mol. The van der Waals surface area contributed by atoms with E-state index in [4.69, 9.17) is 0 Å². The number of hydrogen-bond acceptors (Lipinski definition) is 4. The normalized spacial score (nSPS) is 28.5. The Hall–Kier alpha value is -2.64. The van der Waals surface area contributed by atoms with Gasteiger partial charge in [0.2, 0.25) is 5.91 Å². The zero-order chi connectivity index (χ0) is 21.9. The number of benzene rings is 1. The quantitative estimate of drug-likeness (QED) is 0.723. The number of hydrogen-bond donors (Lipinski definition) is 2. The Kier molecular flexibility index (Phi) is 4.60.